The number of ketones is 1. The van der Waals surface area contributed by atoms with Crippen LogP contribution in [0, 0.1) is 6.92 Å². The maximum atomic E-state index is 12.3. The molecule has 0 saturated heterocycles. The van der Waals surface area contributed by atoms with Gasteiger partial charge in [0.25, 0.3) is 0 Å². The molecule has 0 aliphatic rings. The molecule has 2 aromatic rings. The van der Waals surface area contributed by atoms with E-state index in [2.05, 4.69) is 20.7 Å². The Kier molecular flexibility index (Phi) is 4.49. The molecule has 0 atom stereocenters. The van der Waals surface area contributed by atoms with E-state index in [1.54, 1.807) is 12.1 Å². The first kappa shape index (κ1) is 14.7. The van der Waals surface area contributed by atoms with Crippen LogP contribution < -0.4 is 4.74 Å². The van der Waals surface area contributed by atoms with E-state index in [1.165, 1.54) is 18.2 Å². The van der Waals surface area contributed by atoms with Crippen LogP contribution in [0.5, 0.6) is 5.75 Å². The van der Waals surface area contributed by atoms with E-state index in [1.807, 2.05) is 19.1 Å². The molecule has 0 radical (unpaired) electrons. The number of aryl methyl sites for hydroxylation is 1. The average Bonchev–Trinajstić information content (AvgIpc) is 2.40. The Bertz CT molecular complexity index is 642. The van der Waals surface area contributed by atoms with Gasteiger partial charge in [-0.2, -0.15) is 8.78 Å². The van der Waals surface area contributed by atoms with Crippen LogP contribution in [0.2, 0.25) is 0 Å². The van der Waals surface area contributed by atoms with Crippen molar-refractivity contribution >= 4 is 21.7 Å². The summed E-state index contributed by atoms with van der Waals surface area (Å²) >= 11 is 3.12. The minimum Gasteiger partial charge on any atom is -0.434 e. The third-order valence-electron chi connectivity index (χ3n) is 2.80. The van der Waals surface area contributed by atoms with Crippen molar-refractivity contribution in [2.24, 2.45) is 0 Å². The molecule has 5 heteroatoms. The summed E-state index contributed by atoms with van der Waals surface area (Å²) in [6.07, 6.45) is 0. The number of rotatable bonds is 4. The van der Waals surface area contributed by atoms with Crippen molar-refractivity contribution in [2.75, 3.05) is 0 Å². The van der Waals surface area contributed by atoms with Gasteiger partial charge in [0.1, 0.15) is 5.75 Å². The minimum atomic E-state index is -2.90. The van der Waals surface area contributed by atoms with Crippen LogP contribution in [0.15, 0.2) is 46.9 Å². The molecule has 0 aromatic heterocycles. The van der Waals surface area contributed by atoms with Crippen LogP contribution >= 0.6 is 15.9 Å². The number of benzene rings is 2. The van der Waals surface area contributed by atoms with Crippen molar-refractivity contribution in [3.8, 4) is 5.75 Å². The highest BCUT2D eigenvalue weighted by atomic mass is 79.9. The van der Waals surface area contributed by atoms with Crippen LogP contribution in [-0.4, -0.2) is 12.4 Å². The number of hydrogen-bond acceptors (Lipinski definition) is 2. The first-order chi connectivity index (χ1) is 9.49. The van der Waals surface area contributed by atoms with E-state index in [0.29, 0.717) is 15.6 Å². The summed E-state index contributed by atoms with van der Waals surface area (Å²) in [7, 11) is 0. The predicted octanol–water partition coefficient (Wildman–Crippen LogP) is 4.59. The van der Waals surface area contributed by atoms with Crippen LogP contribution in [0.25, 0.3) is 0 Å². The molecule has 104 valence electrons. The maximum absolute atomic E-state index is 12.3. The fraction of sp³-hybridized carbons (Fsp3) is 0.133. The summed E-state index contributed by atoms with van der Waals surface area (Å²) in [4.78, 5) is 12.3. The lowest BCUT2D eigenvalue weighted by atomic mass is 9.99. The van der Waals surface area contributed by atoms with Gasteiger partial charge < -0.3 is 4.74 Å². The lowest BCUT2D eigenvalue weighted by Crippen LogP contribution is -2.06. The van der Waals surface area contributed by atoms with Crippen molar-refractivity contribution in [2.45, 2.75) is 13.5 Å². The number of hydrogen-bond donors (Lipinski definition) is 0. The Morgan fingerprint density at radius 1 is 1.20 bits per heavy atom. The molecule has 2 nitrogen and oxygen atoms in total. The van der Waals surface area contributed by atoms with Gasteiger partial charge in [-0.3, -0.25) is 4.79 Å². The maximum Gasteiger partial charge on any atom is 0.387 e. The van der Waals surface area contributed by atoms with E-state index < -0.39 is 6.61 Å². The Balaban J connectivity index is 2.32. The van der Waals surface area contributed by atoms with E-state index in [4.69, 9.17) is 0 Å². The molecule has 0 aliphatic carbocycles. The molecule has 0 aliphatic heterocycles. The molecule has 2 aromatic carbocycles. The summed E-state index contributed by atoms with van der Waals surface area (Å²) in [6.45, 7) is -1.06. The van der Waals surface area contributed by atoms with Gasteiger partial charge in [-0.25, -0.2) is 0 Å². The molecule has 0 spiro atoms. The number of halogens is 3. The summed E-state index contributed by atoms with van der Waals surface area (Å²) in [6, 6.07) is 11.5. The van der Waals surface area contributed by atoms with Gasteiger partial charge in [0.2, 0.25) is 0 Å². The largest absolute Gasteiger partial charge is 0.434 e. The topological polar surface area (TPSA) is 26.3 Å². The monoisotopic (exact) mass is 340 g/mol. The Morgan fingerprint density at radius 2 is 1.90 bits per heavy atom. The van der Waals surface area contributed by atoms with Crippen molar-refractivity contribution in [1.82, 2.24) is 0 Å². The summed E-state index contributed by atoms with van der Waals surface area (Å²) in [5.41, 5.74) is 1.86. The number of carbonyl (C=O) groups excluding carboxylic acids is 1. The molecule has 2 rings (SSSR count). The molecule has 0 N–H and O–H groups in total. The van der Waals surface area contributed by atoms with Gasteiger partial charge in [0.15, 0.2) is 5.78 Å². The fourth-order valence-electron chi connectivity index (χ4n) is 1.82. The quantitative estimate of drug-likeness (QED) is 0.761. The smallest absolute Gasteiger partial charge is 0.387 e. The van der Waals surface area contributed by atoms with E-state index >= 15 is 0 Å². The SMILES string of the molecule is Cc1ccccc1C(=O)c1ccc(OC(F)F)c(Br)c1. The summed E-state index contributed by atoms with van der Waals surface area (Å²) in [5, 5.41) is 0. The molecular formula is C15H11BrF2O2. The first-order valence-corrected chi connectivity index (χ1v) is 6.63. The van der Waals surface area contributed by atoms with E-state index in [9.17, 15) is 13.6 Å². The van der Waals surface area contributed by atoms with Gasteiger partial charge in [-0.15, -0.1) is 0 Å². The molecule has 0 bridgehead atoms. The molecule has 0 heterocycles. The standard InChI is InChI=1S/C15H11BrF2O2/c1-9-4-2-3-5-11(9)14(19)10-6-7-13(12(16)8-10)20-15(17)18/h2-8,15H,1H3. The molecule has 0 fully saturated rings. The minimum absolute atomic E-state index is 0.00123. The van der Waals surface area contributed by atoms with E-state index in [0.717, 1.165) is 5.56 Å². The zero-order valence-corrected chi connectivity index (χ0v) is 12.2. The van der Waals surface area contributed by atoms with Crippen molar-refractivity contribution in [3.63, 3.8) is 0 Å². The van der Waals surface area contributed by atoms with Crippen LogP contribution in [0.1, 0.15) is 21.5 Å². The van der Waals surface area contributed by atoms with Gasteiger partial charge in [0, 0.05) is 11.1 Å². The Hall–Kier alpha value is -1.75. The number of alkyl halides is 2. The molecule has 0 unspecified atom stereocenters. The second-order valence-corrected chi connectivity index (χ2v) is 5.02. The number of carbonyl (C=O) groups is 1. The van der Waals surface area contributed by atoms with Crippen LogP contribution in [0.4, 0.5) is 8.78 Å². The summed E-state index contributed by atoms with van der Waals surface area (Å²) < 4.78 is 29.0. The lowest BCUT2D eigenvalue weighted by molar-refractivity contribution is -0.0503. The summed E-state index contributed by atoms with van der Waals surface area (Å²) in [5.74, 6) is -0.159. The zero-order valence-electron chi connectivity index (χ0n) is 10.6. The normalized spacial score (nSPS) is 10.7. The van der Waals surface area contributed by atoms with Gasteiger partial charge >= 0.3 is 6.61 Å². The third-order valence-corrected chi connectivity index (χ3v) is 3.42. The van der Waals surface area contributed by atoms with Gasteiger partial charge in [0.05, 0.1) is 4.47 Å². The average molecular weight is 341 g/mol. The van der Waals surface area contributed by atoms with Crippen molar-refractivity contribution in [1.29, 1.82) is 0 Å². The van der Waals surface area contributed by atoms with Crippen molar-refractivity contribution in [3.05, 3.63) is 63.6 Å². The molecule has 0 amide bonds. The highest BCUT2D eigenvalue weighted by Gasteiger charge is 2.14. The van der Waals surface area contributed by atoms with Crippen molar-refractivity contribution < 1.29 is 18.3 Å². The highest BCUT2D eigenvalue weighted by Crippen LogP contribution is 2.28. The second kappa shape index (κ2) is 6.13. The second-order valence-electron chi connectivity index (χ2n) is 4.17. The third kappa shape index (κ3) is 3.22. The molecule has 0 saturated carbocycles. The fourth-order valence-corrected chi connectivity index (χ4v) is 2.29. The molecule has 20 heavy (non-hydrogen) atoms. The number of ether oxygens (including phenoxy) is 1. The first-order valence-electron chi connectivity index (χ1n) is 5.83. The lowest BCUT2D eigenvalue weighted by Gasteiger charge is -2.09. The molecular weight excluding hydrogens is 330 g/mol. The highest BCUT2D eigenvalue weighted by molar-refractivity contribution is 9.10. The van der Waals surface area contributed by atoms with Gasteiger partial charge in [-0.1, -0.05) is 24.3 Å². The zero-order chi connectivity index (χ0) is 14.7. The Labute approximate surface area is 123 Å². The van der Waals surface area contributed by atoms with Crippen LogP contribution in [0.3, 0.4) is 0 Å². The van der Waals surface area contributed by atoms with Crippen LogP contribution in [-0.2, 0) is 0 Å². The van der Waals surface area contributed by atoms with E-state index in [-0.39, 0.29) is 11.5 Å². The predicted molar refractivity (Wildman–Crippen MR) is 75.4 cm³/mol. The van der Waals surface area contributed by atoms with Gasteiger partial charge in [-0.05, 0) is 46.6 Å². The Morgan fingerprint density at radius 3 is 2.50 bits per heavy atom.